The Labute approximate surface area is 88.7 Å². The average Bonchev–Trinajstić information content (AvgIpc) is 2.91. The van der Waals surface area contributed by atoms with E-state index in [1.807, 2.05) is 6.07 Å². The van der Waals surface area contributed by atoms with Crippen molar-refractivity contribution >= 4 is 0 Å². The summed E-state index contributed by atoms with van der Waals surface area (Å²) in [6.07, 6.45) is 1.19. The van der Waals surface area contributed by atoms with Crippen LogP contribution in [0.25, 0.3) is 0 Å². The van der Waals surface area contributed by atoms with Gasteiger partial charge >= 0.3 is 0 Å². The zero-order valence-electron chi connectivity index (χ0n) is 8.63. The summed E-state index contributed by atoms with van der Waals surface area (Å²) in [5.74, 6) is 0.392. The fourth-order valence-electron chi connectivity index (χ4n) is 1.67. The molecule has 0 amide bonds. The summed E-state index contributed by atoms with van der Waals surface area (Å²) < 4.78 is 13.1. The van der Waals surface area contributed by atoms with E-state index in [4.69, 9.17) is 5.26 Å². The van der Waals surface area contributed by atoms with Crippen molar-refractivity contribution < 1.29 is 4.39 Å². The fourth-order valence-corrected chi connectivity index (χ4v) is 1.67. The SMILES string of the molecule is CC1CC1NCc1cc(F)cc(C#N)c1. The van der Waals surface area contributed by atoms with E-state index >= 15 is 0 Å². The third-order valence-corrected chi connectivity index (χ3v) is 2.76. The van der Waals surface area contributed by atoms with Crippen LogP contribution in [0.3, 0.4) is 0 Å². The lowest BCUT2D eigenvalue weighted by Gasteiger charge is -2.04. The second-order valence-electron chi connectivity index (χ2n) is 4.16. The molecule has 2 atom stereocenters. The van der Waals surface area contributed by atoms with E-state index in [2.05, 4.69) is 12.2 Å². The Hall–Kier alpha value is -1.40. The minimum Gasteiger partial charge on any atom is -0.310 e. The van der Waals surface area contributed by atoms with Crippen LogP contribution in [0.15, 0.2) is 18.2 Å². The topological polar surface area (TPSA) is 35.8 Å². The molecule has 1 N–H and O–H groups in total. The van der Waals surface area contributed by atoms with Crippen LogP contribution in [0, 0.1) is 23.1 Å². The second kappa shape index (κ2) is 4.00. The molecule has 2 unspecified atom stereocenters. The smallest absolute Gasteiger partial charge is 0.124 e. The first-order valence-corrected chi connectivity index (χ1v) is 5.12. The molecule has 1 aliphatic rings. The third kappa shape index (κ3) is 2.54. The Bertz CT molecular complexity index is 409. The molecule has 15 heavy (non-hydrogen) atoms. The van der Waals surface area contributed by atoms with Crippen molar-refractivity contribution in [3.63, 3.8) is 0 Å². The molecule has 1 aromatic rings. The van der Waals surface area contributed by atoms with Crippen LogP contribution < -0.4 is 5.32 Å². The fraction of sp³-hybridized carbons (Fsp3) is 0.417. The summed E-state index contributed by atoms with van der Waals surface area (Å²) in [4.78, 5) is 0. The molecule has 0 spiro atoms. The minimum atomic E-state index is -0.338. The predicted molar refractivity (Wildman–Crippen MR) is 55.5 cm³/mol. The molecule has 2 nitrogen and oxygen atoms in total. The standard InChI is InChI=1S/C12H13FN2/c1-8-2-12(8)15-7-10-3-9(6-14)4-11(13)5-10/h3-5,8,12,15H,2,7H2,1H3. The van der Waals surface area contributed by atoms with Gasteiger partial charge in [-0.15, -0.1) is 0 Å². The number of hydrogen-bond acceptors (Lipinski definition) is 2. The first-order valence-electron chi connectivity index (χ1n) is 5.12. The zero-order valence-corrected chi connectivity index (χ0v) is 8.63. The van der Waals surface area contributed by atoms with E-state index < -0.39 is 0 Å². The maximum atomic E-state index is 13.1. The van der Waals surface area contributed by atoms with Crippen molar-refractivity contribution in [2.75, 3.05) is 0 Å². The highest BCUT2D eigenvalue weighted by molar-refractivity contribution is 5.33. The van der Waals surface area contributed by atoms with Crippen LogP contribution in [0.2, 0.25) is 0 Å². The van der Waals surface area contributed by atoms with Crippen molar-refractivity contribution in [3.05, 3.63) is 35.1 Å². The molecular formula is C12H13FN2. The summed E-state index contributed by atoms with van der Waals surface area (Å²) in [7, 11) is 0. The normalized spacial score (nSPS) is 23.5. The number of benzene rings is 1. The van der Waals surface area contributed by atoms with Crippen LogP contribution in [-0.4, -0.2) is 6.04 Å². The van der Waals surface area contributed by atoms with E-state index in [-0.39, 0.29) is 5.82 Å². The lowest BCUT2D eigenvalue weighted by atomic mass is 10.1. The number of nitrogens with one attached hydrogen (secondary N) is 1. The van der Waals surface area contributed by atoms with Crippen LogP contribution in [-0.2, 0) is 6.54 Å². The average molecular weight is 204 g/mol. The van der Waals surface area contributed by atoms with Gasteiger partial charge in [0.15, 0.2) is 0 Å². The highest BCUT2D eigenvalue weighted by Gasteiger charge is 2.31. The van der Waals surface area contributed by atoms with Gasteiger partial charge in [0.25, 0.3) is 0 Å². The van der Waals surface area contributed by atoms with Gasteiger partial charge in [0.1, 0.15) is 5.82 Å². The molecule has 0 radical (unpaired) electrons. The van der Waals surface area contributed by atoms with Crippen molar-refractivity contribution in [1.29, 1.82) is 5.26 Å². The van der Waals surface area contributed by atoms with Crippen LogP contribution in [0.4, 0.5) is 4.39 Å². The molecule has 1 aliphatic carbocycles. The summed E-state index contributed by atoms with van der Waals surface area (Å²) in [5.41, 5.74) is 1.22. The molecule has 1 fully saturated rings. The molecule has 0 heterocycles. The molecule has 3 heteroatoms. The molecule has 1 aromatic carbocycles. The number of hydrogen-bond donors (Lipinski definition) is 1. The molecule has 0 saturated heterocycles. The summed E-state index contributed by atoms with van der Waals surface area (Å²) >= 11 is 0. The Morgan fingerprint density at radius 2 is 2.27 bits per heavy atom. The molecule has 0 aliphatic heterocycles. The highest BCUT2D eigenvalue weighted by atomic mass is 19.1. The van der Waals surface area contributed by atoms with Gasteiger partial charge in [0, 0.05) is 12.6 Å². The van der Waals surface area contributed by atoms with Gasteiger partial charge in [-0.2, -0.15) is 5.26 Å². The predicted octanol–water partition coefficient (Wildman–Crippen LogP) is 2.20. The Balaban J connectivity index is 2.01. The molecule has 0 aromatic heterocycles. The number of halogens is 1. The lowest BCUT2D eigenvalue weighted by Crippen LogP contribution is -2.17. The lowest BCUT2D eigenvalue weighted by molar-refractivity contribution is 0.615. The maximum Gasteiger partial charge on any atom is 0.124 e. The summed E-state index contributed by atoms with van der Waals surface area (Å²) in [5, 5.41) is 12.0. The molecule has 78 valence electrons. The van der Waals surface area contributed by atoms with Gasteiger partial charge in [-0.25, -0.2) is 4.39 Å². The molecule has 2 rings (SSSR count). The number of rotatable bonds is 3. The summed E-state index contributed by atoms with van der Waals surface area (Å²) in [6.45, 7) is 2.82. The van der Waals surface area contributed by atoms with Crippen LogP contribution in [0.5, 0.6) is 0 Å². The zero-order chi connectivity index (χ0) is 10.8. The first kappa shape index (κ1) is 10.1. The van der Waals surface area contributed by atoms with Gasteiger partial charge < -0.3 is 5.32 Å². The van der Waals surface area contributed by atoms with Crippen molar-refractivity contribution in [3.8, 4) is 6.07 Å². The van der Waals surface area contributed by atoms with E-state index in [0.29, 0.717) is 18.2 Å². The van der Waals surface area contributed by atoms with E-state index in [9.17, 15) is 4.39 Å². The molecule has 1 saturated carbocycles. The Morgan fingerprint density at radius 3 is 2.87 bits per heavy atom. The quantitative estimate of drug-likeness (QED) is 0.819. The van der Waals surface area contributed by atoms with Gasteiger partial charge in [-0.05, 0) is 36.1 Å². The highest BCUT2D eigenvalue weighted by Crippen LogP contribution is 2.29. The van der Waals surface area contributed by atoms with Crippen molar-refractivity contribution in [1.82, 2.24) is 5.32 Å². The van der Waals surface area contributed by atoms with E-state index in [1.165, 1.54) is 18.6 Å². The van der Waals surface area contributed by atoms with Gasteiger partial charge in [-0.3, -0.25) is 0 Å². The second-order valence-corrected chi connectivity index (χ2v) is 4.16. The minimum absolute atomic E-state index is 0.338. The number of nitrogens with zero attached hydrogens (tertiary/aromatic N) is 1. The van der Waals surface area contributed by atoms with E-state index in [0.717, 1.165) is 11.5 Å². The largest absolute Gasteiger partial charge is 0.310 e. The third-order valence-electron chi connectivity index (χ3n) is 2.76. The van der Waals surface area contributed by atoms with Gasteiger partial charge in [-0.1, -0.05) is 6.92 Å². The monoisotopic (exact) mass is 204 g/mol. The summed E-state index contributed by atoms with van der Waals surface area (Å²) in [6, 6.07) is 6.97. The van der Waals surface area contributed by atoms with Crippen molar-refractivity contribution in [2.24, 2.45) is 5.92 Å². The number of nitriles is 1. The van der Waals surface area contributed by atoms with Gasteiger partial charge in [0.2, 0.25) is 0 Å². The Kier molecular flexibility index (Phi) is 2.70. The molecule has 0 bridgehead atoms. The van der Waals surface area contributed by atoms with Gasteiger partial charge in [0.05, 0.1) is 11.6 Å². The van der Waals surface area contributed by atoms with Crippen LogP contribution in [0.1, 0.15) is 24.5 Å². The van der Waals surface area contributed by atoms with Crippen LogP contribution >= 0.6 is 0 Å². The maximum absolute atomic E-state index is 13.1. The Morgan fingerprint density at radius 1 is 1.53 bits per heavy atom. The van der Waals surface area contributed by atoms with E-state index in [1.54, 1.807) is 6.07 Å². The van der Waals surface area contributed by atoms with Crippen molar-refractivity contribution in [2.45, 2.75) is 25.9 Å². The first-order chi connectivity index (χ1) is 7.19. The molecular weight excluding hydrogens is 191 g/mol.